The minimum Gasteiger partial charge on any atom is -0.369 e. The Balaban J connectivity index is 4.12. The minimum atomic E-state index is -6.67. The zero-order valence-corrected chi connectivity index (χ0v) is 13.6. The van der Waals surface area contributed by atoms with Gasteiger partial charge in [-0.2, -0.15) is 52.7 Å². The van der Waals surface area contributed by atoms with Crippen molar-refractivity contribution in [2.45, 2.75) is 42.8 Å². The molecule has 166 valence electrons. The first kappa shape index (κ1) is 25.0. The largest absolute Gasteiger partial charge is 0.430 e. The van der Waals surface area contributed by atoms with E-state index in [2.05, 4.69) is 0 Å². The fourth-order valence-corrected chi connectivity index (χ4v) is 2.22. The summed E-state index contributed by atoms with van der Waals surface area (Å²) in [5.41, 5.74) is -18.5. The quantitative estimate of drug-likeness (QED) is 0.524. The first-order valence-corrected chi connectivity index (χ1v) is 6.90. The minimum absolute atomic E-state index is 0.375. The smallest absolute Gasteiger partial charge is 0.369 e. The second-order valence-corrected chi connectivity index (χ2v) is 5.77. The number of hydrogen-bond acceptors (Lipinski definition) is 3. The number of carbonyl (C=O) groups excluding carboxylic acids is 1. The molecule has 0 bridgehead atoms. The van der Waals surface area contributed by atoms with Gasteiger partial charge in [0.1, 0.15) is 0 Å². The molecular formula is C14H8F12O3. The van der Waals surface area contributed by atoms with Crippen LogP contribution >= 0.6 is 0 Å². The highest BCUT2D eigenvalue weighted by molar-refractivity contribution is 5.94. The van der Waals surface area contributed by atoms with E-state index in [0.29, 0.717) is 6.92 Å². The maximum atomic E-state index is 13.0. The van der Waals surface area contributed by atoms with E-state index < -0.39 is 64.4 Å². The molecule has 0 aliphatic rings. The van der Waals surface area contributed by atoms with Gasteiger partial charge in [0.25, 0.3) is 11.2 Å². The molecule has 1 rings (SSSR count). The zero-order valence-electron chi connectivity index (χ0n) is 13.6. The molecule has 0 fully saturated rings. The monoisotopic (exact) mass is 452 g/mol. The van der Waals surface area contributed by atoms with Crippen molar-refractivity contribution in [3.05, 3.63) is 34.9 Å². The van der Waals surface area contributed by atoms with Crippen LogP contribution in [0.15, 0.2) is 18.2 Å². The Morgan fingerprint density at radius 3 is 1.03 bits per heavy atom. The molecule has 0 radical (unpaired) electrons. The highest BCUT2D eigenvalue weighted by Gasteiger charge is 2.74. The lowest BCUT2D eigenvalue weighted by atomic mass is 9.83. The van der Waals surface area contributed by atoms with Gasteiger partial charge in [0, 0.05) is 16.7 Å². The average molecular weight is 452 g/mol. The van der Waals surface area contributed by atoms with E-state index in [1.165, 1.54) is 0 Å². The number of rotatable bonds is 3. The standard InChI is InChI=1S/C14H8F12O3/c1-5(27)6-2-7(9(28,11(15,16)17)12(18,19)20)4-8(3-6)10(29,13(21,22)23)14(24,25)26/h2-4,28-29H,1H3. The molecule has 0 spiro atoms. The second-order valence-electron chi connectivity index (χ2n) is 5.77. The normalized spacial score (nSPS) is 14.9. The summed E-state index contributed by atoms with van der Waals surface area (Å²) in [6, 6.07) is -1.71. The van der Waals surface area contributed by atoms with Gasteiger partial charge in [-0.05, 0) is 25.1 Å². The Bertz CT molecular complexity index is 701. The van der Waals surface area contributed by atoms with Crippen LogP contribution in [0, 0.1) is 0 Å². The SMILES string of the molecule is CC(=O)c1cc(C(O)(C(F)(F)F)C(F)(F)F)cc(C(O)(C(F)(F)F)C(F)(F)F)c1. The number of alkyl halides is 12. The topological polar surface area (TPSA) is 57.5 Å². The number of hydrogen-bond donors (Lipinski definition) is 2. The predicted molar refractivity (Wildman–Crippen MR) is 68.5 cm³/mol. The maximum Gasteiger partial charge on any atom is 0.430 e. The third-order valence-electron chi connectivity index (χ3n) is 3.82. The molecule has 0 unspecified atom stereocenters. The fourth-order valence-electron chi connectivity index (χ4n) is 2.22. The molecule has 0 atom stereocenters. The zero-order chi connectivity index (χ0) is 23.4. The fraction of sp³-hybridized carbons (Fsp3) is 0.500. The van der Waals surface area contributed by atoms with E-state index >= 15 is 0 Å². The molecule has 29 heavy (non-hydrogen) atoms. The number of carbonyl (C=O) groups is 1. The van der Waals surface area contributed by atoms with Gasteiger partial charge in [-0.25, -0.2) is 0 Å². The van der Waals surface area contributed by atoms with E-state index in [-0.39, 0.29) is 12.1 Å². The highest BCUT2D eigenvalue weighted by Crippen LogP contribution is 2.54. The Labute approximate surface area is 152 Å². The molecule has 15 heteroatoms. The van der Waals surface area contributed by atoms with Crippen molar-refractivity contribution < 1.29 is 67.7 Å². The lowest BCUT2D eigenvalue weighted by Crippen LogP contribution is -2.56. The summed E-state index contributed by atoms with van der Waals surface area (Å²) in [4.78, 5) is 11.3. The molecule has 0 aliphatic heterocycles. The van der Waals surface area contributed by atoms with Gasteiger partial charge >= 0.3 is 24.7 Å². The van der Waals surface area contributed by atoms with Crippen LogP contribution < -0.4 is 0 Å². The summed E-state index contributed by atoms with van der Waals surface area (Å²) in [5, 5.41) is 18.5. The van der Waals surface area contributed by atoms with Crippen LogP contribution in [-0.4, -0.2) is 40.7 Å². The van der Waals surface area contributed by atoms with Crippen LogP contribution in [0.4, 0.5) is 52.7 Å². The molecule has 1 aromatic carbocycles. The van der Waals surface area contributed by atoms with Crippen LogP contribution in [-0.2, 0) is 11.2 Å². The van der Waals surface area contributed by atoms with Gasteiger partial charge in [0.15, 0.2) is 5.78 Å². The number of benzene rings is 1. The van der Waals surface area contributed by atoms with Crippen LogP contribution in [0.25, 0.3) is 0 Å². The number of halogens is 12. The summed E-state index contributed by atoms with van der Waals surface area (Å²) in [6.45, 7) is 0.406. The van der Waals surface area contributed by atoms with Gasteiger partial charge in [-0.3, -0.25) is 4.79 Å². The van der Waals surface area contributed by atoms with Gasteiger partial charge in [-0.1, -0.05) is 0 Å². The van der Waals surface area contributed by atoms with Crippen molar-refractivity contribution >= 4 is 5.78 Å². The Morgan fingerprint density at radius 1 is 0.621 bits per heavy atom. The summed E-state index contributed by atoms with van der Waals surface area (Å²) in [5.74, 6) is -1.55. The van der Waals surface area contributed by atoms with E-state index in [0.717, 1.165) is 0 Å². The van der Waals surface area contributed by atoms with Crippen LogP contribution in [0.2, 0.25) is 0 Å². The van der Waals surface area contributed by atoms with E-state index in [1.807, 2.05) is 0 Å². The number of Topliss-reactive ketones (excluding diaryl/α,β-unsaturated/α-hetero) is 1. The second kappa shape index (κ2) is 6.75. The van der Waals surface area contributed by atoms with Gasteiger partial charge < -0.3 is 10.2 Å². The Morgan fingerprint density at radius 2 is 0.862 bits per heavy atom. The van der Waals surface area contributed by atoms with Gasteiger partial charge in [-0.15, -0.1) is 0 Å². The van der Waals surface area contributed by atoms with E-state index in [9.17, 15) is 67.7 Å². The van der Waals surface area contributed by atoms with Crippen molar-refractivity contribution in [1.29, 1.82) is 0 Å². The van der Waals surface area contributed by atoms with Crippen molar-refractivity contribution in [2.24, 2.45) is 0 Å². The molecule has 0 heterocycles. The van der Waals surface area contributed by atoms with Crippen molar-refractivity contribution in [1.82, 2.24) is 0 Å². The number of aliphatic hydroxyl groups is 2. The van der Waals surface area contributed by atoms with Crippen molar-refractivity contribution in [2.75, 3.05) is 0 Å². The molecule has 1 aromatic rings. The lowest BCUT2D eigenvalue weighted by molar-refractivity contribution is -0.378. The first-order chi connectivity index (χ1) is 12.5. The van der Waals surface area contributed by atoms with Gasteiger partial charge in [0.2, 0.25) is 0 Å². The number of ketones is 1. The third-order valence-corrected chi connectivity index (χ3v) is 3.82. The summed E-state index contributed by atoms with van der Waals surface area (Å²) in [6.07, 6.45) is -26.7. The molecule has 0 amide bonds. The summed E-state index contributed by atoms with van der Waals surface area (Å²) < 4.78 is 155. The van der Waals surface area contributed by atoms with E-state index in [4.69, 9.17) is 0 Å². The van der Waals surface area contributed by atoms with Crippen LogP contribution in [0.1, 0.15) is 28.4 Å². The molecular weight excluding hydrogens is 444 g/mol. The summed E-state index contributed by atoms with van der Waals surface area (Å²) in [7, 11) is 0. The lowest BCUT2D eigenvalue weighted by Gasteiger charge is -2.36. The Hall–Kier alpha value is -2.03. The highest BCUT2D eigenvalue weighted by atomic mass is 19.4. The van der Waals surface area contributed by atoms with Crippen LogP contribution in [0.3, 0.4) is 0 Å². The molecule has 0 saturated heterocycles. The molecule has 0 aromatic heterocycles. The van der Waals surface area contributed by atoms with E-state index in [1.54, 1.807) is 0 Å². The predicted octanol–water partition coefficient (Wildman–Crippen LogP) is 4.51. The molecule has 2 N–H and O–H groups in total. The molecule has 3 nitrogen and oxygen atoms in total. The average Bonchev–Trinajstić information content (AvgIpc) is 2.48. The molecule has 0 saturated carbocycles. The van der Waals surface area contributed by atoms with Crippen molar-refractivity contribution in [3.63, 3.8) is 0 Å². The summed E-state index contributed by atoms with van der Waals surface area (Å²) >= 11 is 0. The van der Waals surface area contributed by atoms with Crippen molar-refractivity contribution in [3.8, 4) is 0 Å². The van der Waals surface area contributed by atoms with Crippen LogP contribution in [0.5, 0.6) is 0 Å². The molecule has 0 aliphatic carbocycles. The maximum absolute atomic E-state index is 13.0. The third kappa shape index (κ3) is 3.89. The Kier molecular flexibility index (Phi) is 5.82. The van der Waals surface area contributed by atoms with Gasteiger partial charge in [0.05, 0.1) is 0 Å². The first-order valence-electron chi connectivity index (χ1n) is 6.90.